The Balaban J connectivity index is 1.83. The van der Waals surface area contributed by atoms with Crippen LogP contribution in [0.4, 0.5) is 0 Å². The summed E-state index contributed by atoms with van der Waals surface area (Å²) in [6.45, 7) is 3.79. The first kappa shape index (κ1) is 13.4. The van der Waals surface area contributed by atoms with E-state index in [9.17, 15) is 0 Å². The van der Waals surface area contributed by atoms with Crippen molar-refractivity contribution in [2.24, 2.45) is 0 Å². The van der Waals surface area contributed by atoms with Crippen molar-refractivity contribution in [1.29, 1.82) is 0 Å². The molecule has 0 aliphatic carbocycles. The summed E-state index contributed by atoms with van der Waals surface area (Å²) in [5, 5.41) is 4.23. The first-order chi connectivity index (χ1) is 11.2. The summed E-state index contributed by atoms with van der Waals surface area (Å²) in [5.74, 6) is 1.12. The molecule has 4 rings (SSSR count). The molecule has 23 heavy (non-hydrogen) atoms. The predicted octanol–water partition coefficient (Wildman–Crippen LogP) is 3.19. The quantitative estimate of drug-likeness (QED) is 0.578. The van der Waals surface area contributed by atoms with Crippen molar-refractivity contribution in [3.8, 4) is 23.3 Å². The Morgan fingerprint density at radius 1 is 1.04 bits per heavy atom. The zero-order chi connectivity index (χ0) is 15.8. The summed E-state index contributed by atoms with van der Waals surface area (Å²) in [6, 6.07) is 9.35. The topological polar surface area (TPSA) is 78.3 Å². The SMILES string of the molecule is Cc1cc(C)nc(Oc2cc(-c3ccco3)nc3ccnn23)n1. The van der Waals surface area contributed by atoms with Crippen molar-refractivity contribution >= 4 is 5.65 Å². The maximum Gasteiger partial charge on any atom is 0.323 e. The van der Waals surface area contributed by atoms with Gasteiger partial charge in [0, 0.05) is 23.5 Å². The number of aryl methyl sites for hydroxylation is 2. The van der Waals surface area contributed by atoms with E-state index in [-0.39, 0.29) is 6.01 Å². The molecule has 0 aromatic carbocycles. The van der Waals surface area contributed by atoms with Crippen LogP contribution >= 0.6 is 0 Å². The number of hydrogen-bond donors (Lipinski definition) is 0. The van der Waals surface area contributed by atoms with Gasteiger partial charge in [0.2, 0.25) is 5.88 Å². The maximum absolute atomic E-state index is 5.85. The predicted molar refractivity (Wildman–Crippen MR) is 82.3 cm³/mol. The van der Waals surface area contributed by atoms with Gasteiger partial charge in [0.15, 0.2) is 11.4 Å². The van der Waals surface area contributed by atoms with Crippen molar-refractivity contribution in [3.63, 3.8) is 0 Å². The highest BCUT2D eigenvalue weighted by atomic mass is 16.5. The van der Waals surface area contributed by atoms with E-state index < -0.39 is 0 Å². The zero-order valence-corrected chi connectivity index (χ0v) is 12.6. The third-order valence-corrected chi connectivity index (χ3v) is 3.26. The summed E-state index contributed by atoms with van der Waals surface area (Å²) in [4.78, 5) is 13.1. The maximum atomic E-state index is 5.85. The average molecular weight is 307 g/mol. The third-order valence-electron chi connectivity index (χ3n) is 3.26. The minimum atomic E-state index is 0.274. The first-order valence-corrected chi connectivity index (χ1v) is 7.08. The second-order valence-corrected chi connectivity index (χ2v) is 5.09. The highest BCUT2D eigenvalue weighted by molar-refractivity contribution is 5.58. The van der Waals surface area contributed by atoms with Gasteiger partial charge in [-0.2, -0.15) is 9.61 Å². The van der Waals surface area contributed by atoms with Crippen molar-refractivity contribution in [3.05, 3.63) is 54.2 Å². The van der Waals surface area contributed by atoms with Gasteiger partial charge in [0.1, 0.15) is 5.69 Å². The van der Waals surface area contributed by atoms with Gasteiger partial charge in [-0.15, -0.1) is 0 Å². The summed E-state index contributed by atoms with van der Waals surface area (Å²) in [7, 11) is 0. The molecule has 0 aliphatic heterocycles. The summed E-state index contributed by atoms with van der Waals surface area (Å²) in [6.07, 6.45) is 3.26. The van der Waals surface area contributed by atoms with Gasteiger partial charge < -0.3 is 9.15 Å². The Morgan fingerprint density at radius 3 is 2.61 bits per heavy atom. The molecule has 0 unspecified atom stereocenters. The standard InChI is InChI=1S/C16H13N5O2/c1-10-8-11(2)19-16(18-10)23-15-9-12(13-4-3-7-22-13)20-14-5-6-17-21(14)15/h3-9H,1-2H3. The minimum absolute atomic E-state index is 0.274. The van der Waals surface area contributed by atoms with Gasteiger partial charge in [0.05, 0.1) is 12.5 Å². The number of nitrogens with zero attached hydrogens (tertiary/aromatic N) is 5. The Kier molecular flexibility index (Phi) is 3.04. The van der Waals surface area contributed by atoms with Crippen molar-refractivity contribution in [2.75, 3.05) is 0 Å². The lowest BCUT2D eigenvalue weighted by Gasteiger charge is -2.08. The fourth-order valence-electron chi connectivity index (χ4n) is 2.34. The van der Waals surface area contributed by atoms with E-state index in [1.165, 1.54) is 0 Å². The Bertz CT molecular complexity index is 955. The molecule has 0 fully saturated rings. The highest BCUT2D eigenvalue weighted by Crippen LogP contribution is 2.26. The molecule has 0 N–H and O–H groups in total. The molecule has 0 saturated heterocycles. The number of fused-ring (bicyclic) bond motifs is 1. The number of ether oxygens (including phenoxy) is 1. The van der Waals surface area contributed by atoms with Crippen molar-refractivity contribution in [1.82, 2.24) is 24.6 Å². The first-order valence-electron chi connectivity index (χ1n) is 7.08. The van der Waals surface area contributed by atoms with Gasteiger partial charge in [0.25, 0.3) is 0 Å². The number of aromatic nitrogens is 5. The van der Waals surface area contributed by atoms with E-state index in [0.717, 1.165) is 11.4 Å². The minimum Gasteiger partial charge on any atom is -0.463 e. The lowest BCUT2D eigenvalue weighted by Crippen LogP contribution is -2.02. The molecule has 0 radical (unpaired) electrons. The van der Waals surface area contributed by atoms with Crippen LogP contribution in [0.25, 0.3) is 17.1 Å². The molecule has 114 valence electrons. The number of furan rings is 1. The monoisotopic (exact) mass is 307 g/mol. The zero-order valence-electron chi connectivity index (χ0n) is 12.6. The van der Waals surface area contributed by atoms with Crippen molar-refractivity contribution in [2.45, 2.75) is 13.8 Å². The molecule has 0 bridgehead atoms. The Hall–Kier alpha value is -3.22. The van der Waals surface area contributed by atoms with Crippen LogP contribution in [-0.2, 0) is 0 Å². The normalized spacial score (nSPS) is 11.0. The van der Waals surface area contributed by atoms with Gasteiger partial charge in [-0.3, -0.25) is 0 Å². The average Bonchev–Trinajstić information content (AvgIpc) is 3.17. The Labute approximate surface area is 131 Å². The second-order valence-electron chi connectivity index (χ2n) is 5.09. The van der Waals surface area contributed by atoms with Gasteiger partial charge >= 0.3 is 6.01 Å². The van der Waals surface area contributed by atoms with E-state index in [2.05, 4.69) is 20.1 Å². The van der Waals surface area contributed by atoms with Crippen LogP contribution in [0.2, 0.25) is 0 Å². The molecule has 0 amide bonds. The molecule has 4 heterocycles. The van der Waals surface area contributed by atoms with Gasteiger partial charge in [-0.25, -0.2) is 15.0 Å². The van der Waals surface area contributed by atoms with Gasteiger partial charge in [-0.05, 0) is 32.0 Å². The summed E-state index contributed by atoms with van der Waals surface area (Å²) < 4.78 is 12.8. The van der Waals surface area contributed by atoms with Crippen molar-refractivity contribution < 1.29 is 9.15 Å². The van der Waals surface area contributed by atoms with Crippen LogP contribution in [0, 0.1) is 13.8 Å². The van der Waals surface area contributed by atoms with E-state index in [4.69, 9.17) is 9.15 Å². The highest BCUT2D eigenvalue weighted by Gasteiger charge is 2.13. The molecule has 7 nitrogen and oxygen atoms in total. The fourth-order valence-corrected chi connectivity index (χ4v) is 2.34. The molecular formula is C16H13N5O2. The number of rotatable bonds is 3. The van der Waals surface area contributed by atoms with Crippen LogP contribution < -0.4 is 4.74 Å². The molecule has 4 aromatic heterocycles. The number of hydrogen-bond acceptors (Lipinski definition) is 6. The molecule has 0 atom stereocenters. The van der Waals surface area contributed by atoms with E-state index >= 15 is 0 Å². The van der Waals surface area contributed by atoms with Crippen LogP contribution in [0.15, 0.2) is 47.2 Å². The van der Waals surface area contributed by atoms with Crippen LogP contribution in [0.5, 0.6) is 11.9 Å². The lowest BCUT2D eigenvalue weighted by atomic mass is 10.3. The van der Waals surface area contributed by atoms with Crippen LogP contribution in [-0.4, -0.2) is 24.6 Å². The second kappa shape index (κ2) is 5.20. The van der Waals surface area contributed by atoms with Crippen LogP contribution in [0.1, 0.15) is 11.4 Å². The molecule has 0 aliphatic rings. The smallest absolute Gasteiger partial charge is 0.323 e. The van der Waals surface area contributed by atoms with E-state index in [1.807, 2.05) is 32.0 Å². The summed E-state index contributed by atoms with van der Waals surface area (Å²) >= 11 is 0. The third kappa shape index (κ3) is 2.52. The molecule has 0 spiro atoms. The fraction of sp³-hybridized carbons (Fsp3) is 0.125. The molecule has 7 heteroatoms. The van der Waals surface area contributed by atoms with E-state index in [0.29, 0.717) is 23.0 Å². The van der Waals surface area contributed by atoms with Crippen LogP contribution in [0.3, 0.4) is 0 Å². The van der Waals surface area contributed by atoms with Gasteiger partial charge in [-0.1, -0.05) is 0 Å². The Morgan fingerprint density at radius 2 is 1.87 bits per heavy atom. The molecule has 4 aromatic rings. The molecular weight excluding hydrogens is 294 g/mol. The molecule has 0 saturated carbocycles. The van der Waals surface area contributed by atoms with E-state index in [1.54, 1.807) is 29.1 Å². The summed E-state index contributed by atoms with van der Waals surface area (Å²) in [5.41, 5.74) is 2.98. The lowest BCUT2D eigenvalue weighted by molar-refractivity contribution is 0.409. The largest absolute Gasteiger partial charge is 0.463 e.